The van der Waals surface area contributed by atoms with E-state index in [-0.39, 0.29) is 12.2 Å². The molecule has 0 aliphatic carbocycles. The summed E-state index contributed by atoms with van der Waals surface area (Å²) in [7, 11) is 0. The van der Waals surface area contributed by atoms with Crippen LogP contribution in [0.1, 0.15) is 11.1 Å². The molecular weight excluding hydrogens is 309 g/mol. The Morgan fingerprint density at radius 2 is 2.29 bits per heavy atom. The molecule has 0 radical (unpaired) electrons. The fourth-order valence-electron chi connectivity index (χ4n) is 1.12. The van der Waals surface area contributed by atoms with E-state index < -0.39 is 5.82 Å². The highest BCUT2D eigenvalue weighted by Crippen LogP contribution is 2.23. The quantitative estimate of drug-likeness (QED) is 0.874. The number of benzene rings is 1. The molecule has 1 heterocycles. The van der Waals surface area contributed by atoms with Crippen LogP contribution in [-0.4, -0.2) is 10.2 Å². The predicted octanol–water partition coefficient (Wildman–Crippen LogP) is 2.89. The molecule has 0 amide bonds. The van der Waals surface area contributed by atoms with Crippen molar-refractivity contribution in [2.45, 2.75) is 6.61 Å². The van der Waals surface area contributed by atoms with Gasteiger partial charge in [0.15, 0.2) is 3.92 Å². The molecule has 4 nitrogen and oxygen atoms in total. The van der Waals surface area contributed by atoms with Gasteiger partial charge in [-0.15, -0.1) is 5.10 Å². The zero-order valence-corrected chi connectivity index (χ0v) is 10.8. The SMILES string of the molecule is N#Cc1ccc(COc2nnc(Br)s2)c(F)c1. The van der Waals surface area contributed by atoms with E-state index in [9.17, 15) is 4.39 Å². The maximum Gasteiger partial charge on any atom is 0.295 e. The van der Waals surface area contributed by atoms with Gasteiger partial charge in [0, 0.05) is 5.56 Å². The van der Waals surface area contributed by atoms with Crippen molar-refractivity contribution in [3.05, 3.63) is 39.1 Å². The van der Waals surface area contributed by atoms with E-state index in [0.29, 0.717) is 14.7 Å². The first kappa shape index (κ1) is 12.0. The van der Waals surface area contributed by atoms with E-state index >= 15 is 0 Å². The summed E-state index contributed by atoms with van der Waals surface area (Å²) in [6.07, 6.45) is 0. The van der Waals surface area contributed by atoms with E-state index in [0.717, 1.165) is 0 Å². The second kappa shape index (κ2) is 5.21. The Kier molecular flexibility index (Phi) is 3.66. The molecule has 0 aliphatic rings. The van der Waals surface area contributed by atoms with Gasteiger partial charge in [-0.05, 0) is 39.4 Å². The molecule has 0 bridgehead atoms. The number of ether oxygens (including phenoxy) is 1. The minimum atomic E-state index is -0.465. The van der Waals surface area contributed by atoms with Crippen molar-refractivity contribution in [1.29, 1.82) is 5.26 Å². The number of hydrogen-bond donors (Lipinski definition) is 0. The Bertz CT molecular complexity index is 581. The lowest BCUT2D eigenvalue weighted by Crippen LogP contribution is -1.98. The van der Waals surface area contributed by atoms with Gasteiger partial charge >= 0.3 is 0 Å². The lowest BCUT2D eigenvalue weighted by Gasteiger charge is -2.03. The normalized spacial score (nSPS) is 9.94. The Hall–Kier alpha value is -1.52. The maximum atomic E-state index is 13.5. The molecule has 0 unspecified atom stereocenters. The minimum absolute atomic E-state index is 0.0547. The Balaban J connectivity index is 2.07. The minimum Gasteiger partial charge on any atom is -0.464 e. The van der Waals surface area contributed by atoms with Crippen molar-refractivity contribution in [3.8, 4) is 11.3 Å². The summed E-state index contributed by atoms with van der Waals surface area (Å²) in [6, 6.07) is 6.10. The van der Waals surface area contributed by atoms with Crippen molar-refractivity contribution >= 4 is 27.3 Å². The molecule has 0 saturated heterocycles. The van der Waals surface area contributed by atoms with E-state index in [1.54, 1.807) is 0 Å². The van der Waals surface area contributed by atoms with E-state index in [1.165, 1.54) is 29.5 Å². The van der Waals surface area contributed by atoms with Gasteiger partial charge in [-0.3, -0.25) is 0 Å². The third kappa shape index (κ3) is 2.99. The summed E-state index contributed by atoms with van der Waals surface area (Å²) in [6.45, 7) is 0.0547. The molecule has 0 saturated carbocycles. The first-order chi connectivity index (χ1) is 8.19. The molecule has 1 aromatic carbocycles. The molecule has 0 N–H and O–H groups in total. The molecule has 17 heavy (non-hydrogen) atoms. The van der Waals surface area contributed by atoms with Crippen molar-refractivity contribution < 1.29 is 9.13 Å². The number of nitrogens with zero attached hydrogens (tertiary/aromatic N) is 3. The second-order valence-corrected chi connectivity index (χ2v) is 5.24. The second-order valence-electron chi connectivity index (χ2n) is 3.03. The Morgan fingerprint density at radius 3 is 2.88 bits per heavy atom. The monoisotopic (exact) mass is 313 g/mol. The topological polar surface area (TPSA) is 58.8 Å². The number of hydrogen-bond acceptors (Lipinski definition) is 5. The fraction of sp³-hybridized carbons (Fsp3) is 0.100. The zero-order valence-electron chi connectivity index (χ0n) is 8.35. The molecule has 0 spiro atoms. The van der Waals surface area contributed by atoms with Crippen molar-refractivity contribution in [2.24, 2.45) is 0 Å². The molecule has 0 atom stereocenters. The van der Waals surface area contributed by atoms with Crippen LogP contribution >= 0.6 is 27.3 Å². The Labute approximate surface area is 109 Å². The van der Waals surface area contributed by atoms with Crippen molar-refractivity contribution in [2.75, 3.05) is 0 Å². The molecule has 7 heteroatoms. The molecule has 0 fully saturated rings. The number of rotatable bonds is 3. The highest BCUT2D eigenvalue weighted by Gasteiger charge is 2.07. The van der Waals surface area contributed by atoms with Crippen LogP contribution in [-0.2, 0) is 6.61 Å². The van der Waals surface area contributed by atoms with Crippen molar-refractivity contribution in [3.63, 3.8) is 0 Å². The third-order valence-corrected chi connectivity index (χ3v) is 3.18. The van der Waals surface area contributed by atoms with Gasteiger partial charge in [-0.1, -0.05) is 11.2 Å². The van der Waals surface area contributed by atoms with Gasteiger partial charge in [0.25, 0.3) is 5.19 Å². The van der Waals surface area contributed by atoms with Gasteiger partial charge in [0.2, 0.25) is 0 Å². The number of nitriles is 1. The van der Waals surface area contributed by atoms with Gasteiger partial charge in [0.1, 0.15) is 12.4 Å². The van der Waals surface area contributed by atoms with Crippen LogP contribution in [0.25, 0.3) is 0 Å². The first-order valence-electron chi connectivity index (χ1n) is 4.49. The van der Waals surface area contributed by atoms with Gasteiger partial charge in [0.05, 0.1) is 11.6 Å². The molecule has 2 rings (SSSR count). The fourth-order valence-corrected chi connectivity index (χ4v) is 2.04. The molecular formula is C10H5BrFN3OS. The van der Waals surface area contributed by atoms with Gasteiger partial charge < -0.3 is 4.74 Å². The molecule has 2 aromatic rings. The standard InChI is InChI=1S/C10H5BrFN3OS/c11-9-14-15-10(17-9)16-5-7-2-1-6(4-13)3-8(7)12/h1-3H,5H2. The van der Waals surface area contributed by atoms with E-state index in [4.69, 9.17) is 10.00 Å². The van der Waals surface area contributed by atoms with Crippen LogP contribution in [0, 0.1) is 17.1 Å². The predicted molar refractivity (Wildman–Crippen MR) is 63.1 cm³/mol. The van der Waals surface area contributed by atoms with Crippen LogP contribution in [0.5, 0.6) is 5.19 Å². The van der Waals surface area contributed by atoms with Crippen LogP contribution in [0.15, 0.2) is 22.1 Å². The highest BCUT2D eigenvalue weighted by atomic mass is 79.9. The summed E-state index contributed by atoms with van der Waals surface area (Å²) >= 11 is 4.36. The average Bonchev–Trinajstić information content (AvgIpc) is 2.73. The van der Waals surface area contributed by atoms with Crippen LogP contribution in [0.4, 0.5) is 4.39 Å². The van der Waals surface area contributed by atoms with E-state index in [2.05, 4.69) is 26.1 Å². The zero-order chi connectivity index (χ0) is 12.3. The summed E-state index contributed by atoms with van der Waals surface area (Å²) in [5.41, 5.74) is 0.653. The summed E-state index contributed by atoms with van der Waals surface area (Å²) in [5.74, 6) is -0.465. The molecule has 0 aliphatic heterocycles. The number of halogens is 2. The third-order valence-electron chi connectivity index (χ3n) is 1.92. The Morgan fingerprint density at radius 1 is 1.47 bits per heavy atom. The summed E-state index contributed by atoms with van der Waals surface area (Å²) in [5, 5.41) is 16.4. The maximum absolute atomic E-state index is 13.5. The highest BCUT2D eigenvalue weighted by molar-refractivity contribution is 9.11. The van der Waals surface area contributed by atoms with Gasteiger partial charge in [-0.25, -0.2) is 4.39 Å². The number of aromatic nitrogens is 2. The smallest absolute Gasteiger partial charge is 0.295 e. The van der Waals surface area contributed by atoms with Crippen LogP contribution < -0.4 is 4.74 Å². The molecule has 1 aromatic heterocycles. The molecule has 86 valence electrons. The van der Waals surface area contributed by atoms with Crippen LogP contribution in [0.2, 0.25) is 0 Å². The lowest BCUT2D eigenvalue weighted by atomic mass is 10.1. The first-order valence-corrected chi connectivity index (χ1v) is 6.10. The van der Waals surface area contributed by atoms with Crippen molar-refractivity contribution in [1.82, 2.24) is 10.2 Å². The largest absolute Gasteiger partial charge is 0.464 e. The average molecular weight is 314 g/mol. The lowest BCUT2D eigenvalue weighted by molar-refractivity contribution is 0.295. The van der Waals surface area contributed by atoms with Gasteiger partial charge in [-0.2, -0.15) is 5.26 Å². The van der Waals surface area contributed by atoms with Crippen LogP contribution in [0.3, 0.4) is 0 Å². The van der Waals surface area contributed by atoms with E-state index in [1.807, 2.05) is 6.07 Å². The summed E-state index contributed by atoms with van der Waals surface area (Å²) in [4.78, 5) is 0. The summed E-state index contributed by atoms with van der Waals surface area (Å²) < 4.78 is 19.3.